The van der Waals surface area contributed by atoms with Gasteiger partial charge in [0.2, 0.25) is 0 Å². The van der Waals surface area contributed by atoms with Crippen LogP contribution in [0, 0.1) is 24.1 Å². The zero-order valence-corrected chi connectivity index (χ0v) is 11.3. The smallest absolute Gasteiger partial charge is 0.124 e. The Kier molecular flexibility index (Phi) is 4.08. The van der Waals surface area contributed by atoms with Gasteiger partial charge in [0.15, 0.2) is 0 Å². The number of nitrogens with two attached hydrogens (primary N) is 1. The van der Waals surface area contributed by atoms with Crippen molar-refractivity contribution < 1.29 is 4.39 Å². The van der Waals surface area contributed by atoms with Crippen molar-refractivity contribution in [2.24, 2.45) is 0 Å². The van der Waals surface area contributed by atoms with Gasteiger partial charge in [-0.3, -0.25) is 0 Å². The molecule has 0 saturated carbocycles. The van der Waals surface area contributed by atoms with E-state index in [1.807, 2.05) is 31.2 Å². The number of anilines is 1. The average Bonchev–Trinajstić information content (AvgIpc) is 2.39. The van der Waals surface area contributed by atoms with Crippen LogP contribution in [0.5, 0.6) is 0 Å². The summed E-state index contributed by atoms with van der Waals surface area (Å²) in [6.45, 7) is 1.95. The van der Waals surface area contributed by atoms with E-state index in [9.17, 15) is 4.39 Å². The molecule has 0 radical (unpaired) electrons. The number of nitrogens with zero attached hydrogens (tertiary/aromatic N) is 1. The molecule has 0 aliphatic carbocycles. The van der Waals surface area contributed by atoms with E-state index >= 15 is 0 Å². The lowest BCUT2D eigenvalue weighted by atomic mass is 10.1. The molecule has 2 nitrogen and oxygen atoms in total. The second-order valence-electron chi connectivity index (χ2n) is 4.27. The van der Waals surface area contributed by atoms with E-state index in [1.54, 1.807) is 17.8 Å². The molecule has 2 N–H and O–H groups in total. The summed E-state index contributed by atoms with van der Waals surface area (Å²) in [4.78, 5) is 1.08. The Hall–Kier alpha value is -1.99. The summed E-state index contributed by atoms with van der Waals surface area (Å²) < 4.78 is 13.3. The first-order chi connectivity index (χ1) is 9.08. The molecule has 0 unspecified atom stereocenters. The zero-order valence-electron chi connectivity index (χ0n) is 10.5. The van der Waals surface area contributed by atoms with Crippen LogP contribution in [0.25, 0.3) is 0 Å². The fourth-order valence-electron chi connectivity index (χ4n) is 1.70. The second-order valence-corrected chi connectivity index (χ2v) is 5.32. The van der Waals surface area contributed by atoms with E-state index in [1.165, 1.54) is 12.1 Å². The lowest BCUT2D eigenvalue weighted by Crippen LogP contribution is -1.90. The van der Waals surface area contributed by atoms with Gasteiger partial charge in [-0.15, -0.1) is 11.8 Å². The monoisotopic (exact) mass is 272 g/mol. The molecule has 2 aromatic carbocycles. The molecule has 19 heavy (non-hydrogen) atoms. The van der Waals surface area contributed by atoms with Crippen molar-refractivity contribution in [3.8, 4) is 6.07 Å². The fraction of sp³-hybridized carbons (Fsp3) is 0.133. The van der Waals surface area contributed by atoms with E-state index < -0.39 is 0 Å². The van der Waals surface area contributed by atoms with Gasteiger partial charge in [-0.1, -0.05) is 0 Å². The van der Waals surface area contributed by atoms with Gasteiger partial charge in [0.1, 0.15) is 5.82 Å². The number of benzene rings is 2. The molecular formula is C15H13FN2S. The van der Waals surface area contributed by atoms with E-state index in [4.69, 9.17) is 11.0 Å². The summed E-state index contributed by atoms with van der Waals surface area (Å²) in [6, 6.07) is 12.2. The molecule has 0 saturated heterocycles. The van der Waals surface area contributed by atoms with Gasteiger partial charge >= 0.3 is 0 Å². The predicted octanol–water partition coefficient (Wildman–Crippen LogP) is 3.88. The van der Waals surface area contributed by atoms with Gasteiger partial charge in [-0.05, 0) is 54.4 Å². The molecule has 0 amide bonds. The first kappa shape index (κ1) is 13.4. The van der Waals surface area contributed by atoms with Crippen LogP contribution in [0.1, 0.15) is 16.7 Å². The van der Waals surface area contributed by atoms with E-state index in [0.717, 1.165) is 21.7 Å². The second kappa shape index (κ2) is 5.77. The SMILES string of the molecule is Cc1cc(SCc2cc(F)cc(C#N)c2)ccc1N. The number of hydrogen-bond acceptors (Lipinski definition) is 3. The third-order valence-electron chi connectivity index (χ3n) is 2.73. The maximum atomic E-state index is 13.3. The molecule has 2 rings (SSSR count). The molecule has 0 spiro atoms. The maximum Gasteiger partial charge on any atom is 0.124 e. The van der Waals surface area contributed by atoms with Crippen molar-refractivity contribution in [1.29, 1.82) is 5.26 Å². The Morgan fingerprint density at radius 2 is 2.05 bits per heavy atom. The van der Waals surface area contributed by atoms with Crippen LogP contribution < -0.4 is 5.73 Å². The number of nitrogen functional groups attached to an aromatic ring is 1. The summed E-state index contributed by atoms with van der Waals surface area (Å²) in [5.74, 6) is 0.249. The molecular weight excluding hydrogens is 259 g/mol. The Balaban J connectivity index is 2.12. The van der Waals surface area contributed by atoms with Gasteiger partial charge in [-0.2, -0.15) is 5.26 Å². The van der Waals surface area contributed by atoms with Crippen molar-refractivity contribution >= 4 is 17.4 Å². The quantitative estimate of drug-likeness (QED) is 0.681. The number of rotatable bonds is 3. The van der Waals surface area contributed by atoms with Gasteiger partial charge in [0.25, 0.3) is 0 Å². The first-order valence-corrected chi connectivity index (χ1v) is 6.75. The largest absolute Gasteiger partial charge is 0.399 e. The Morgan fingerprint density at radius 3 is 2.74 bits per heavy atom. The molecule has 4 heteroatoms. The minimum atomic E-state index is -0.372. The summed E-state index contributed by atoms with van der Waals surface area (Å²) in [7, 11) is 0. The lowest BCUT2D eigenvalue weighted by molar-refractivity contribution is 0.626. The molecule has 0 aromatic heterocycles. The van der Waals surface area contributed by atoms with Crippen molar-refractivity contribution in [1.82, 2.24) is 0 Å². The number of hydrogen-bond donors (Lipinski definition) is 1. The minimum Gasteiger partial charge on any atom is -0.399 e. The minimum absolute atomic E-state index is 0.351. The third-order valence-corrected chi connectivity index (χ3v) is 3.80. The normalized spacial score (nSPS) is 10.2. The standard InChI is InChI=1S/C15H13FN2S/c1-10-4-14(2-3-15(10)18)19-9-12-5-11(8-17)6-13(16)7-12/h2-7H,9,18H2,1H3. The summed E-state index contributed by atoms with van der Waals surface area (Å²) >= 11 is 1.59. The topological polar surface area (TPSA) is 49.8 Å². The van der Waals surface area contributed by atoms with Crippen LogP contribution in [0.4, 0.5) is 10.1 Å². The first-order valence-electron chi connectivity index (χ1n) is 5.77. The van der Waals surface area contributed by atoms with Crippen molar-refractivity contribution in [2.45, 2.75) is 17.6 Å². The lowest BCUT2D eigenvalue weighted by Gasteiger charge is -2.06. The molecule has 2 aromatic rings. The van der Waals surface area contributed by atoms with Crippen LogP contribution in [0.3, 0.4) is 0 Å². The van der Waals surface area contributed by atoms with Gasteiger partial charge in [-0.25, -0.2) is 4.39 Å². The summed E-state index contributed by atoms with van der Waals surface area (Å²) in [6.07, 6.45) is 0. The molecule has 0 heterocycles. The van der Waals surface area contributed by atoms with Gasteiger partial charge < -0.3 is 5.73 Å². The van der Waals surface area contributed by atoms with Crippen LogP contribution in [0.2, 0.25) is 0 Å². The van der Waals surface area contributed by atoms with Crippen LogP contribution in [0.15, 0.2) is 41.3 Å². The molecule has 0 aliphatic rings. The van der Waals surface area contributed by atoms with Gasteiger partial charge in [0, 0.05) is 16.3 Å². The molecule has 0 bridgehead atoms. The Bertz CT molecular complexity index is 647. The van der Waals surface area contributed by atoms with Crippen LogP contribution >= 0.6 is 11.8 Å². The molecule has 0 fully saturated rings. The predicted molar refractivity (Wildman–Crippen MR) is 76.3 cm³/mol. The van der Waals surface area contributed by atoms with Crippen LogP contribution in [-0.2, 0) is 5.75 Å². The van der Waals surface area contributed by atoms with E-state index in [2.05, 4.69) is 0 Å². The van der Waals surface area contributed by atoms with Gasteiger partial charge in [0.05, 0.1) is 11.6 Å². The van der Waals surface area contributed by atoms with Crippen molar-refractivity contribution in [3.05, 3.63) is 58.9 Å². The highest BCUT2D eigenvalue weighted by atomic mass is 32.2. The molecule has 96 valence electrons. The third kappa shape index (κ3) is 3.49. The Morgan fingerprint density at radius 1 is 1.26 bits per heavy atom. The van der Waals surface area contributed by atoms with Crippen molar-refractivity contribution in [2.75, 3.05) is 5.73 Å². The van der Waals surface area contributed by atoms with Crippen LogP contribution in [-0.4, -0.2) is 0 Å². The fourth-order valence-corrected chi connectivity index (χ4v) is 2.63. The Labute approximate surface area is 116 Å². The molecule has 0 atom stereocenters. The number of thioether (sulfide) groups is 1. The zero-order chi connectivity index (χ0) is 13.8. The highest BCUT2D eigenvalue weighted by molar-refractivity contribution is 7.98. The maximum absolute atomic E-state index is 13.3. The number of nitriles is 1. The number of aryl methyl sites for hydroxylation is 1. The highest BCUT2D eigenvalue weighted by Crippen LogP contribution is 2.26. The average molecular weight is 272 g/mol. The van der Waals surface area contributed by atoms with E-state index in [0.29, 0.717) is 11.3 Å². The van der Waals surface area contributed by atoms with Crippen molar-refractivity contribution in [3.63, 3.8) is 0 Å². The summed E-state index contributed by atoms with van der Waals surface area (Å²) in [5, 5.41) is 8.80. The number of halogens is 1. The summed E-state index contributed by atoms with van der Waals surface area (Å²) in [5.41, 5.74) is 8.71. The van der Waals surface area contributed by atoms with E-state index in [-0.39, 0.29) is 5.82 Å². The highest BCUT2D eigenvalue weighted by Gasteiger charge is 2.03. The molecule has 0 aliphatic heterocycles.